The molecule has 0 radical (unpaired) electrons. The average Bonchev–Trinajstić information content (AvgIpc) is 2.69. The van der Waals surface area contributed by atoms with Crippen LogP contribution in [0.25, 0.3) is 0 Å². The lowest BCUT2D eigenvalue weighted by Gasteiger charge is -2.72. The topological polar surface area (TPSA) is 60.7 Å². The summed E-state index contributed by atoms with van der Waals surface area (Å²) in [6, 6.07) is 0. The zero-order valence-electron chi connectivity index (χ0n) is 22.5. The summed E-state index contributed by atoms with van der Waals surface area (Å²) in [5.41, 5.74) is 1.64. The average molecular weight is 459 g/mol. The second-order valence-electron chi connectivity index (χ2n) is 15.4. The van der Waals surface area contributed by atoms with E-state index in [1.165, 1.54) is 12.0 Å². The van der Waals surface area contributed by atoms with E-state index >= 15 is 0 Å². The van der Waals surface area contributed by atoms with Gasteiger partial charge >= 0.3 is 0 Å². The van der Waals surface area contributed by atoms with Gasteiger partial charge in [-0.25, -0.2) is 0 Å². The first kappa shape index (κ1) is 24.3. The van der Waals surface area contributed by atoms with Crippen molar-refractivity contribution in [1.29, 1.82) is 0 Å². The molecule has 2 unspecified atom stereocenters. The van der Waals surface area contributed by atoms with Gasteiger partial charge in [0.1, 0.15) is 0 Å². The van der Waals surface area contributed by atoms with E-state index in [0.29, 0.717) is 11.8 Å². The van der Waals surface area contributed by atoms with Crippen LogP contribution in [0.2, 0.25) is 0 Å². The molecule has 0 heterocycles. The van der Waals surface area contributed by atoms with Crippen LogP contribution in [0.3, 0.4) is 0 Å². The van der Waals surface area contributed by atoms with Crippen LogP contribution in [0.4, 0.5) is 0 Å². The zero-order chi connectivity index (χ0) is 24.4. The Balaban J connectivity index is 1.62. The summed E-state index contributed by atoms with van der Waals surface area (Å²) in [5.74, 6) is 1.12. The fourth-order valence-corrected chi connectivity index (χ4v) is 10.7. The lowest BCUT2D eigenvalue weighted by atomic mass is 9.33. The van der Waals surface area contributed by atoms with Crippen LogP contribution < -0.4 is 0 Å². The van der Waals surface area contributed by atoms with Gasteiger partial charge in [-0.15, -0.1) is 0 Å². The maximum absolute atomic E-state index is 11.9. The van der Waals surface area contributed by atoms with Gasteiger partial charge in [0.05, 0.1) is 18.3 Å². The highest BCUT2D eigenvalue weighted by Crippen LogP contribution is 2.75. The fraction of sp³-hybridized carbons (Fsp3) is 0.933. The van der Waals surface area contributed by atoms with Crippen molar-refractivity contribution in [2.75, 3.05) is 0 Å². The normalized spacial score (nSPS) is 57.1. The van der Waals surface area contributed by atoms with E-state index in [1.54, 1.807) is 0 Å². The Kier molecular flexibility index (Phi) is 5.07. The molecule has 3 N–H and O–H groups in total. The van der Waals surface area contributed by atoms with Crippen molar-refractivity contribution < 1.29 is 15.3 Å². The molecule has 3 nitrogen and oxygen atoms in total. The van der Waals surface area contributed by atoms with Crippen LogP contribution in [-0.2, 0) is 0 Å². The first-order valence-electron chi connectivity index (χ1n) is 13.8. The van der Waals surface area contributed by atoms with Gasteiger partial charge in [-0.2, -0.15) is 0 Å². The van der Waals surface area contributed by atoms with Crippen molar-refractivity contribution in [1.82, 2.24) is 0 Å². The molecule has 5 rings (SSSR count). The standard InChI is InChI=1S/C30H50O3/c1-25(2)16-19-18-15-20(31)24-28(6)11-10-22(32)26(3,4)21(28)9-12-30(24,8)29(18,7)14-13-27(19,5)17-23(25)33/h15,19-24,31-33H,9-14,16-17H2,1-8H3/t19?,20-,21+,22+,23-,24?,27+,28+,29-,30-/m1/s1. The third-order valence-corrected chi connectivity index (χ3v) is 13.2. The van der Waals surface area contributed by atoms with Gasteiger partial charge in [-0.3, -0.25) is 0 Å². The van der Waals surface area contributed by atoms with E-state index in [9.17, 15) is 15.3 Å². The molecule has 0 bridgehead atoms. The zero-order valence-corrected chi connectivity index (χ0v) is 22.5. The SMILES string of the molecule is CC1(C)CC2C3=C[C@@H](O)C4[C@@]5(C)CC[C@H](O)C(C)(C)[C@@H]5CC[C@@]4(C)[C@]3(C)CC[C@@]2(C)C[C@H]1O. The van der Waals surface area contributed by atoms with E-state index in [1.807, 2.05) is 0 Å². The van der Waals surface area contributed by atoms with Gasteiger partial charge in [0.2, 0.25) is 0 Å². The van der Waals surface area contributed by atoms with E-state index < -0.39 is 6.10 Å². The molecule has 33 heavy (non-hydrogen) atoms. The second-order valence-corrected chi connectivity index (χ2v) is 15.4. The summed E-state index contributed by atoms with van der Waals surface area (Å²) < 4.78 is 0. The van der Waals surface area contributed by atoms with Crippen molar-refractivity contribution in [3.63, 3.8) is 0 Å². The van der Waals surface area contributed by atoms with Crippen molar-refractivity contribution in [2.45, 2.75) is 125 Å². The largest absolute Gasteiger partial charge is 0.393 e. The van der Waals surface area contributed by atoms with Gasteiger partial charge in [0.25, 0.3) is 0 Å². The molecule has 0 amide bonds. The number of hydrogen-bond acceptors (Lipinski definition) is 3. The molecule has 3 heteroatoms. The Labute approximate surface area is 202 Å². The Hall–Kier alpha value is -0.380. The summed E-state index contributed by atoms with van der Waals surface area (Å²) in [6.07, 6.45) is 9.76. The minimum Gasteiger partial charge on any atom is -0.393 e. The van der Waals surface area contributed by atoms with Crippen molar-refractivity contribution >= 4 is 0 Å². The molecule has 5 aliphatic carbocycles. The highest BCUT2D eigenvalue weighted by atomic mass is 16.3. The van der Waals surface area contributed by atoms with Gasteiger partial charge in [-0.1, -0.05) is 67.0 Å². The lowest BCUT2D eigenvalue weighted by Crippen LogP contribution is -2.67. The van der Waals surface area contributed by atoms with Crippen LogP contribution in [0.15, 0.2) is 11.6 Å². The molecular formula is C30H50O3. The Morgan fingerprint density at radius 1 is 0.758 bits per heavy atom. The van der Waals surface area contributed by atoms with Crippen LogP contribution in [0.5, 0.6) is 0 Å². The summed E-state index contributed by atoms with van der Waals surface area (Å²) in [6.45, 7) is 18.9. The number of allylic oxidation sites excluding steroid dienone is 1. The molecule has 4 saturated carbocycles. The van der Waals surface area contributed by atoms with Crippen LogP contribution in [0, 0.1) is 50.2 Å². The second kappa shape index (κ2) is 6.88. The van der Waals surface area contributed by atoms with E-state index in [2.05, 4.69) is 61.5 Å². The monoisotopic (exact) mass is 458 g/mol. The maximum atomic E-state index is 11.9. The number of aliphatic hydroxyl groups excluding tert-OH is 3. The summed E-state index contributed by atoms with van der Waals surface area (Å²) >= 11 is 0. The van der Waals surface area contributed by atoms with Crippen molar-refractivity contribution in [2.24, 2.45) is 50.2 Å². The number of fused-ring (bicyclic) bond motifs is 7. The van der Waals surface area contributed by atoms with Gasteiger partial charge in [-0.05, 0) is 95.7 Å². The summed E-state index contributed by atoms with van der Waals surface area (Å²) in [4.78, 5) is 0. The molecule has 0 aromatic carbocycles. The molecule has 0 spiro atoms. The Morgan fingerprint density at radius 2 is 1.42 bits per heavy atom. The molecule has 188 valence electrons. The van der Waals surface area contributed by atoms with Crippen LogP contribution >= 0.6 is 0 Å². The molecule has 0 aliphatic heterocycles. The first-order valence-corrected chi connectivity index (χ1v) is 13.8. The van der Waals surface area contributed by atoms with Gasteiger partial charge in [0, 0.05) is 5.92 Å². The third-order valence-electron chi connectivity index (χ3n) is 13.2. The third kappa shape index (κ3) is 2.91. The number of aliphatic hydroxyl groups is 3. The predicted octanol–water partition coefficient (Wildman–Crippen LogP) is 6.11. The van der Waals surface area contributed by atoms with Gasteiger partial charge in [0.15, 0.2) is 0 Å². The van der Waals surface area contributed by atoms with Crippen LogP contribution in [-0.4, -0.2) is 33.6 Å². The van der Waals surface area contributed by atoms with E-state index in [4.69, 9.17) is 0 Å². The Bertz CT molecular complexity index is 859. The smallest absolute Gasteiger partial charge is 0.0762 e. The van der Waals surface area contributed by atoms with Crippen molar-refractivity contribution in [3.05, 3.63) is 11.6 Å². The van der Waals surface area contributed by atoms with E-state index in [0.717, 1.165) is 44.9 Å². The number of rotatable bonds is 0. The molecule has 10 atom stereocenters. The van der Waals surface area contributed by atoms with Gasteiger partial charge < -0.3 is 15.3 Å². The predicted molar refractivity (Wildman–Crippen MR) is 133 cm³/mol. The lowest BCUT2D eigenvalue weighted by molar-refractivity contribution is -0.226. The molecule has 0 aromatic rings. The molecule has 5 aliphatic rings. The molecule has 0 saturated heterocycles. The highest BCUT2D eigenvalue weighted by molar-refractivity contribution is 5.35. The Morgan fingerprint density at radius 3 is 2.09 bits per heavy atom. The minimum absolute atomic E-state index is 0.0446. The summed E-state index contributed by atoms with van der Waals surface area (Å²) in [5, 5.41) is 33.8. The maximum Gasteiger partial charge on any atom is 0.0762 e. The highest BCUT2D eigenvalue weighted by Gasteiger charge is 2.70. The first-order chi connectivity index (χ1) is 15.0. The van der Waals surface area contributed by atoms with Crippen LogP contribution in [0.1, 0.15) is 107 Å². The fourth-order valence-electron chi connectivity index (χ4n) is 10.7. The molecule has 4 fully saturated rings. The number of hydrogen-bond donors (Lipinski definition) is 3. The van der Waals surface area contributed by atoms with E-state index in [-0.39, 0.29) is 50.6 Å². The quantitative estimate of drug-likeness (QED) is 0.384. The summed E-state index contributed by atoms with van der Waals surface area (Å²) in [7, 11) is 0. The molecule has 0 aromatic heterocycles. The molecular weight excluding hydrogens is 408 g/mol. The van der Waals surface area contributed by atoms with Crippen molar-refractivity contribution in [3.8, 4) is 0 Å². The minimum atomic E-state index is -0.422.